The van der Waals surface area contributed by atoms with Gasteiger partial charge in [-0.2, -0.15) is 0 Å². The quantitative estimate of drug-likeness (QED) is 0.854. The van der Waals surface area contributed by atoms with Crippen molar-refractivity contribution in [2.45, 2.75) is 38.3 Å². The van der Waals surface area contributed by atoms with Crippen molar-refractivity contribution in [3.8, 4) is 0 Å². The zero-order chi connectivity index (χ0) is 18.3. The Morgan fingerprint density at radius 2 is 1.69 bits per heavy atom. The van der Waals surface area contributed by atoms with Crippen LogP contribution >= 0.6 is 0 Å². The van der Waals surface area contributed by atoms with Gasteiger partial charge in [-0.15, -0.1) is 0 Å². The van der Waals surface area contributed by atoms with Crippen molar-refractivity contribution in [3.63, 3.8) is 0 Å². The Kier molecular flexibility index (Phi) is 4.61. The van der Waals surface area contributed by atoms with Gasteiger partial charge in [0.05, 0.1) is 6.10 Å². The molecule has 0 aromatic heterocycles. The number of hydrogen-bond acceptors (Lipinski definition) is 4. The first-order chi connectivity index (χ1) is 12.5. The second-order valence-corrected chi connectivity index (χ2v) is 7.98. The number of piperidine rings is 1. The maximum atomic E-state index is 12.8. The maximum Gasteiger partial charge on any atom is 0.253 e. The molecule has 6 nitrogen and oxygen atoms in total. The minimum atomic E-state index is -0.229. The summed E-state index contributed by atoms with van der Waals surface area (Å²) >= 11 is 0. The first kappa shape index (κ1) is 17.3. The third-order valence-corrected chi connectivity index (χ3v) is 6.15. The average Bonchev–Trinajstić information content (AvgIpc) is 3.14. The molecule has 1 aromatic carbocycles. The molecule has 2 amide bonds. The van der Waals surface area contributed by atoms with Crippen molar-refractivity contribution < 1.29 is 14.7 Å². The molecule has 26 heavy (non-hydrogen) atoms. The summed E-state index contributed by atoms with van der Waals surface area (Å²) in [5.74, 6) is 0.566. The summed E-state index contributed by atoms with van der Waals surface area (Å²) in [5.41, 5.74) is 1.80. The van der Waals surface area contributed by atoms with Gasteiger partial charge in [0.2, 0.25) is 5.91 Å². The molecule has 2 aliphatic heterocycles. The van der Waals surface area contributed by atoms with Gasteiger partial charge in [-0.1, -0.05) is 0 Å². The summed E-state index contributed by atoms with van der Waals surface area (Å²) in [6.45, 7) is 4.60. The number of aliphatic hydroxyl groups excluding tert-OH is 1. The largest absolute Gasteiger partial charge is 0.392 e. The summed E-state index contributed by atoms with van der Waals surface area (Å²) in [7, 11) is 0. The normalized spacial score (nSPS) is 30.5. The number of aliphatic hydroxyl groups is 1. The fraction of sp³-hybridized carbons (Fsp3) is 0.600. The van der Waals surface area contributed by atoms with E-state index in [0.29, 0.717) is 18.7 Å². The molecular weight excluding hydrogens is 330 g/mol. The van der Waals surface area contributed by atoms with E-state index in [-0.39, 0.29) is 35.8 Å². The first-order valence-electron chi connectivity index (χ1n) is 9.60. The summed E-state index contributed by atoms with van der Waals surface area (Å²) < 4.78 is 0. The smallest absolute Gasteiger partial charge is 0.253 e. The minimum absolute atomic E-state index is 0.0124. The molecule has 3 aliphatic rings. The Bertz CT molecular complexity index is 676. The molecule has 2 saturated heterocycles. The lowest BCUT2D eigenvalue weighted by Crippen LogP contribution is -2.47. The van der Waals surface area contributed by atoms with Crippen molar-refractivity contribution >= 4 is 17.5 Å². The molecule has 1 saturated carbocycles. The van der Waals surface area contributed by atoms with E-state index in [1.54, 1.807) is 6.92 Å². The molecule has 4 rings (SSSR count). The van der Waals surface area contributed by atoms with E-state index in [2.05, 4.69) is 10.2 Å². The molecule has 2 heterocycles. The van der Waals surface area contributed by atoms with E-state index < -0.39 is 0 Å². The Morgan fingerprint density at radius 3 is 2.31 bits per heavy atom. The average molecular weight is 357 g/mol. The van der Waals surface area contributed by atoms with Crippen LogP contribution < -0.4 is 10.2 Å². The lowest BCUT2D eigenvalue weighted by Gasteiger charge is -2.35. The SMILES string of the molecule is CC(=O)NC1CCN(c2ccc(C(=O)N3CC4CCC(C3)C4O)cc2)C1. The number of hydrogen-bond donors (Lipinski definition) is 2. The van der Waals surface area contributed by atoms with Crippen LogP contribution in [0.1, 0.15) is 36.5 Å². The number of carbonyl (C=O) groups excluding carboxylic acids is 2. The van der Waals surface area contributed by atoms with Crippen molar-refractivity contribution in [1.29, 1.82) is 0 Å². The van der Waals surface area contributed by atoms with Gasteiger partial charge < -0.3 is 20.2 Å². The number of likely N-dealkylation sites (tertiary alicyclic amines) is 1. The molecule has 140 valence electrons. The van der Waals surface area contributed by atoms with Crippen LogP contribution in [0.4, 0.5) is 5.69 Å². The molecule has 3 atom stereocenters. The first-order valence-corrected chi connectivity index (χ1v) is 9.60. The van der Waals surface area contributed by atoms with E-state index in [4.69, 9.17) is 0 Å². The van der Waals surface area contributed by atoms with Gasteiger partial charge in [0, 0.05) is 62.2 Å². The van der Waals surface area contributed by atoms with E-state index in [1.165, 1.54) is 0 Å². The number of fused-ring (bicyclic) bond motifs is 2. The van der Waals surface area contributed by atoms with Crippen LogP contribution in [-0.4, -0.2) is 60.1 Å². The van der Waals surface area contributed by atoms with Crippen LogP contribution in [0, 0.1) is 11.8 Å². The molecule has 1 aromatic rings. The van der Waals surface area contributed by atoms with Crippen LogP contribution in [0.3, 0.4) is 0 Å². The predicted molar refractivity (Wildman–Crippen MR) is 99.0 cm³/mol. The summed E-state index contributed by atoms with van der Waals surface area (Å²) in [6.07, 6.45) is 2.77. The fourth-order valence-corrected chi connectivity index (χ4v) is 4.76. The molecule has 2 bridgehead atoms. The van der Waals surface area contributed by atoms with Gasteiger partial charge in [-0.3, -0.25) is 9.59 Å². The van der Waals surface area contributed by atoms with Gasteiger partial charge in [-0.25, -0.2) is 0 Å². The number of benzene rings is 1. The van der Waals surface area contributed by atoms with Gasteiger partial charge in [-0.05, 0) is 43.5 Å². The van der Waals surface area contributed by atoms with Crippen molar-refractivity contribution in [2.75, 3.05) is 31.1 Å². The topological polar surface area (TPSA) is 72.9 Å². The molecule has 6 heteroatoms. The number of carbonyl (C=O) groups is 2. The summed E-state index contributed by atoms with van der Waals surface area (Å²) in [5, 5.41) is 13.1. The number of anilines is 1. The zero-order valence-electron chi connectivity index (χ0n) is 15.2. The third-order valence-electron chi connectivity index (χ3n) is 6.15. The molecule has 3 fully saturated rings. The molecule has 1 aliphatic carbocycles. The van der Waals surface area contributed by atoms with Crippen LogP contribution in [0.5, 0.6) is 0 Å². The zero-order valence-corrected chi connectivity index (χ0v) is 15.2. The highest BCUT2D eigenvalue weighted by molar-refractivity contribution is 5.94. The Labute approximate surface area is 154 Å². The highest BCUT2D eigenvalue weighted by atomic mass is 16.3. The molecule has 0 spiro atoms. The highest BCUT2D eigenvalue weighted by Crippen LogP contribution is 2.37. The van der Waals surface area contributed by atoms with Gasteiger partial charge in [0.15, 0.2) is 0 Å². The van der Waals surface area contributed by atoms with E-state index >= 15 is 0 Å². The van der Waals surface area contributed by atoms with Crippen molar-refractivity contribution in [3.05, 3.63) is 29.8 Å². The van der Waals surface area contributed by atoms with Crippen LogP contribution in [0.15, 0.2) is 24.3 Å². The van der Waals surface area contributed by atoms with Crippen LogP contribution in [0.2, 0.25) is 0 Å². The molecule has 3 unspecified atom stereocenters. The van der Waals surface area contributed by atoms with E-state index in [9.17, 15) is 14.7 Å². The van der Waals surface area contributed by atoms with Crippen LogP contribution in [0.25, 0.3) is 0 Å². The number of nitrogens with one attached hydrogen (secondary N) is 1. The lowest BCUT2D eigenvalue weighted by atomic mass is 9.94. The number of rotatable bonds is 3. The van der Waals surface area contributed by atoms with Crippen molar-refractivity contribution in [2.24, 2.45) is 11.8 Å². The number of nitrogens with zero attached hydrogens (tertiary/aromatic N) is 2. The molecule has 0 radical (unpaired) electrons. The summed E-state index contributed by atoms with van der Waals surface area (Å²) in [6, 6.07) is 7.99. The minimum Gasteiger partial charge on any atom is -0.392 e. The standard InChI is InChI=1S/C20H27N3O3/c1-13(24)21-17-8-9-22(12-17)18-6-4-14(5-7-18)20(26)23-10-15-2-3-16(11-23)19(15)25/h4-7,15-17,19,25H,2-3,8-12H2,1H3,(H,21,24). The van der Waals surface area contributed by atoms with Gasteiger partial charge >= 0.3 is 0 Å². The monoisotopic (exact) mass is 357 g/mol. The number of amides is 2. The Morgan fingerprint density at radius 1 is 1.04 bits per heavy atom. The van der Waals surface area contributed by atoms with Gasteiger partial charge in [0.1, 0.15) is 0 Å². The third kappa shape index (κ3) is 3.30. The van der Waals surface area contributed by atoms with E-state index in [0.717, 1.165) is 38.0 Å². The fourth-order valence-electron chi connectivity index (χ4n) is 4.76. The Balaban J connectivity index is 1.39. The summed E-state index contributed by atoms with van der Waals surface area (Å²) in [4.78, 5) is 28.2. The molecular formula is C20H27N3O3. The van der Waals surface area contributed by atoms with Crippen molar-refractivity contribution in [1.82, 2.24) is 10.2 Å². The van der Waals surface area contributed by atoms with E-state index in [1.807, 2.05) is 29.2 Å². The highest BCUT2D eigenvalue weighted by Gasteiger charge is 2.42. The van der Waals surface area contributed by atoms with Gasteiger partial charge in [0.25, 0.3) is 5.91 Å². The lowest BCUT2D eigenvalue weighted by molar-refractivity contribution is -0.119. The van der Waals surface area contributed by atoms with Crippen LogP contribution in [-0.2, 0) is 4.79 Å². The Hall–Kier alpha value is -2.08. The second kappa shape index (κ2) is 6.91. The second-order valence-electron chi connectivity index (χ2n) is 7.98. The predicted octanol–water partition coefficient (Wildman–Crippen LogP) is 1.24. The molecule has 2 N–H and O–H groups in total. The maximum absolute atomic E-state index is 12.8.